The van der Waals surface area contributed by atoms with Gasteiger partial charge in [-0.2, -0.15) is 5.10 Å². The Labute approximate surface area is 115 Å². The molecule has 0 fully saturated rings. The molecule has 0 bridgehead atoms. The van der Waals surface area contributed by atoms with Crippen LogP contribution in [0.5, 0.6) is 0 Å². The van der Waals surface area contributed by atoms with Gasteiger partial charge in [0.15, 0.2) is 11.6 Å². The van der Waals surface area contributed by atoms with E-state index in [1.807, 2.05) is 13.1 Å². The molecule has 0 aliphatic heterocycles. The van der Waals surface area contributed by atoms with Crippen molar-refractivity contribution in [1.82, 2.24) is 9.78 Å². The van der Waals surface area contributed by atoms with E-state index in [0.29, 0.717) is 11.8 Å². The highest BCUT2D eigenvalue weighted by Gasteiger charge is 2.11. The van der Waals surface area contributed by atoms with Crippen LogP contribution in [0.25, 0.3) is 0 Å². The molecule has 0 spiro atoms. The molecule has 1 N–H and O–H groups in total. The normalized spacial score (nSPS) is 12.4. The van der Waals surface area contributed by atoms with E-state index in [1.54, 1.807) is 10.7 Å². The van der Waals surface area contributed by atoms with Crippen LogP contribution in [0.2, 0.25) is 0 Å². The lowest BCUT2D eigenvalue weighted by atomic mass is 10.2. The van der Waals surface area contributed by atoms with Gasteiger partial charge in [0.05, 0.1) is 17.9 Å². The summed E-state index contributed by atoms with van der Waals surface area (Å²) in [5.41, 5.74) is 0.468. The number of aromatic nitrogens is 2. The molecule has 6 heteroatoms. The second kappa shape index (κ2) is 5.98. The number of hydrogen-bond donors (Lipinski definition) is 1. The van der Waals surface area contributed by atoms with Crippen LogP contribution in [0.3, 0.4) is 0 Å². The van der Waals surface area contributed by atoms with Gasteiger partial charge in [0.1, 0.15) is 5.82 Å². The summed E-state index contributed by atoms with van der Waals surface area (Å²) in [5, 5.41) is 6.97. The summed E-state index contributed by atoms with van der Waals surface area (Å²) >= 11 is 0. The quantitative estimate of drug-likeness (QED) is 0.844. The highest BCUT2D eigenvalue weighted by molar-refractivity contribution is 5.45. The molecule has 0 saturated heterocycles. The molecule has 1 unspecified atom stereocenters. The van der Waals surface area contributed by atoms with Crippen molar-refractivity contribution in [3.63, 3.8) is 0 Å². The first kappa shape index (κ1) is 14.4. The van der Waals surface area contributed by atoms with Gasteiger partial charge in [-0.1, -0.05) is 6.92 Å². The fourth-order valence-electron chi connectivity index (χ4n) is 1.77. The molecule has 108 valence electrons. The molecule has 1 heterocycles. The average molecular weight is 283 g/mol. The fourth-order valence-corrected chi connectivity index (χ4v) is 1.77. The smallest absolute Gasteiger partial charge is 0.182 e. The van der Waals surface area contributed by atoms with Gasteiger partial charge in [0.25, 0.3) is 0 Å². The number of rotatable bonds is 5. The van der Waals surface area contributed by atoms with Crippen molar-refractivity contribution in [2.75, 3.05) is 5.32 Å². The third-order valence-corrected chi connectivity index (χ3v) is 3.16. The predicted molar refractivity (Wildman–Crippen MR) is 70.9 cm³/mol. The number of benzene rings is 1. The maximum absolute atomic E-state index is 13.4. The van der Waals surface area contributed by atoms with Crippen molar-refractivity contribution in [2.24, 2.45) is 0 Å². The zero-order valence-corrected chi connectivity index (χ0v) is 11.3. The minimum absolute atomic E-state index is 0.198. The van der Waals surface area contributed by atoms with Crippen LogP contribution in [0, 0.1) is 17.5 Å². The van der Waals surface area contributed by atoms with E-state index < -0.39 is 17.5 Å². The maximum atomic E-state index is 13.4. The van der Waals surface area contributed by atoms with Crippen LogP contribution >= 0.6 is 0 Å². The SMILES string of the molecule is CCC(C)n1ccc(CNc2cc(F)cc(F)c2F)n1. The Kier molecular flexibility index (Phi) is 4.32. The fraction of sp³-hybridized carbons (Fsp3) is 0.357. The Morgan fingerprint density at radius 1 is 1.30 bits per heavy atom. The van der Waals surface area contributed by atoms with Crippen LogP contribution in [-0.2, 0) is 6.54 Å². The molecular weight excluding hydrogens is 267 g/mol. The minimum atomic E-state index is -1.21. The summed E-state index contributed by atoms with van der Waals surface area (Å²) in [5.74, 6) is -3.12. The summed E-state index contributed by atoms with van der Waals surface area (Å²) in [7, 11) is 0. The largest absolute Gasteiger partial charge is 0.377 e. The molecule has 0 aliphatic carbocycles. The molecule has 0 radical (unpaired) electrons. The molecule has 1 aromatic carbocycles. The molecule has 2 aromatic rings. The lowest BCUT2D eigenvalue weighted by Crippen LogP contribution is -2.07. The lowest BCUT2D eigenvalue weighted by molar-refractivity contribution is 0.474. The summed E-state index contributed by atoms with van der Waals surface area (Å²) in [6.45, 7) is 4.28. The number of anilines is 1. The van der Waals surface area contributed by atoms with E-state index in [9.17, 15) is 13.2 Å². The van der Waals surface area contributed by atoms with E-state index in [1.165, 1.54) is 0 Å². The van der Waals surface area contributed by atoms with Gasteiger partial charge < -0.3 is 5.32 Å². The lowest BCUT2D eigenvalue weighted by Gasteiger charge is -2.09. The Bertz CT molecular complexity index is 595. The molecule has 1 aromatic heterocycles. The second-order valence-corrected chi connectivity index (χ2v) is 4.65. The Balaban J connectivity index is 2.07. The van der Waals surface area contributed by atoms with Gasteiger partial charge in [0, 0.05) is 24.4 Å². The van der Waals surface area contributed by atoms with Gasteiger partial charge in [-0.15, -0.1) is 0 Å². The van der Waals surface area contributed by atoms with Gasteiger partial charge in [-0.05, 0) is 19.4 Å². The van der Waals surface area contributed by atoms with Gasteiger partial charge in [-0.3, -0.25) is 4.68 Å². The predicted octanol–water partition coefficient (Wildman–Crippen LogP) is 3.88. The van der Waals surface area contributed by atoms with E-state index >= 15 is 0 Å². The third-order valence-electron chi connectivity index (χ3n) is 3.16. The van der Waals surface area contributed by atoms with Crippen LogP contribution < -0.4 is 5.32 Å². The number of nitrogens with zero attached hydrogens (tertiary/aromatic N) is 2. The average Bonchev–Trinajstić information content (AvgIpc) is 2.89. The van der Waals surface area contributed by atoms with E-state index in [0.717, 1.165) is 12.5 Å². The number of nitrogens with one attached hydrogen (secondary N) is 1. The first-order valence-corrected chi connectivity index (χ1v) is 6.43. The van der Waals surface area contributed by atoms with Gasteiger partial charge in [-0.25, -0.2) is 13.2 Å². The van der Waals surface area contributed by atoms with Crippen LogP contribution in [0.1, 0.15) is 32.0 Å². The maximum Gasteiger partial charge on any atom is 0.182 e. The van der Waals surface area contributed by atoms with Crippen LogP contribution in [0.4, 0.5) is 18.9 Å². The molecule has 0 amide bonds. The molecule has 1 atom stereocenters. The zero-order chi connectivity index (χ0) is 14.7. The Morgan fingerprint density at radius 3 is 2.75 bits per heavy atom. The van der Waals surface area contributed by atoms with Crippen molar-refractivity contribution < 1.29 is 13.2 Å². The van der Waals surface area contributed by atoms with E-state index in [2.05, 4.69) is 17.3 Å². The zero-order valence-electron chi connectivity index (χ0n) is 11.3. The minimum Gasteiger partial charge on any atom is -0.377 e. The standard InChI is InChI=1S/C14H16F3N3/c1-3-9(2)20-5-4-11(19-20)8-18-13-7-10(15)6-12(16)14(13)17/h4-7,9,18H,3,8H2,1-2H3. The van der Waals surface area contributed by atoms with Crippen molar-refractivity contribution in [1.29, 1.82) is 0 Å². The topological polar surface area (TPSA) is 29.9 Å². The third kappa shape index (κ3) is 3.12. The molecule has 0 saturated carbocycles. The monoisotopic (exact) mass is 283 g/mol. The summed E-state index contributed by atoms with van der Waals surface area (Å²) < 4.78 is 41.3. The Hall–Kier alpha value is -1.98. The Morgan fingerprint density at radius 2 is 2.05 bits per heavy atom. The highest BCUT2D eigenvalue weighted by atomic mass is 19.2. The first-order chi connectivity index (χ1) is 9.51. The van der Waals surface area contributed by atoms with E-state index in [-0.39, 0.29) is 18.3 Å². The number of hydrogen-bond acceptors (Lipinski definition) is 2. The first-order valence-electron chi connectivity index (χ1n) is 6.43. The van der Waals surface area contributed by atoms with Gasteiger partial charge >= 0.3 is 0 Å². The summed E-state index contributed by atoms with van der Waals surface area (Å²) in [4.78, 5) is 0. The highest BCUT2D eigenvalue weighted by Crippen LogP contribution is 2.20. The van der Waals surface area contributed by atoms with Crippen molar-refractivity contribution in [2.45, 2.75) is 32.9 Å². The van der Waals surface area contributed by atoms with Crippen LogP contribution in [0.15, 0.2) is 24.4 Å². The molecule has 20 heavy (non-hydrogen) atoms. The molecular formula is C14H16F3N3. The molecule has 3 nitrogen and oxygen atoms in total. The molecule has 0 aliphatic rings. The van der Waals surface area contributed by atoms with Crippen molar-refractivity contribution >= 4 is 5.69 Å². The summed E-state index contributed by atoms with van der Waals surface area (Å²) in [6.07, 6.45) is 2.77. The number of halogens is 3. The van der Waals surface area contributed by atoms with Crippen molar-refractivity contribution in [3.8, 4) is 0 Å². The molecule has 2 rings (SSSR count). The summed E-state index contributed by atoms with van der Waals surface area (Å²) in [6, 6.07) is 3.49. The second-order valence-electron chi connectivity index (χ2n) is 4.65. The van der Waals surface area contributed by atoms with E-state index in [4.69, 9.17) is 0 Å². The van der Waals surface area contributed by atoms with Crippen molar-refractivity contribution in [3.05, 3.63) is 47.5 Å². The van der Waals surface area contributed by atoms with Gasteiger partial charge in [0.2, 0.25) is 0 Å². The van der Waals surface area contributed by atoms with Crippen LogP contribution in [-0.4, -0.2) is 9.78 Å².